The molecule has 2 aromatic carbocycles. The van der Waals surface area contributed by atoms with E-state index in [1.807, 2.05) is 0 Å². The lowest BCUT2D eigenvalue weighted by atomic mass is 10.2. The number of hydrogen-bond donors (Lipinski definition) is 1. The van der Waals surface area contributed by atoms with E-state index in [2.05, 4.69) is 0 Å². The fraction of sp³-hybridized carbons (Fsp3) is 0.200. The van der Waals surface area contributed by atoms with Crippen LogP contribution in [0.2, 0.25) is 0 Å². The zero-order valence-electron chi connectivity index (χ0n) is 12.0. The van der Waals surface area contributed by atoms with E-state index in [0.717, 1.165) is 0 Å². The Morgan fingerprint density at radius 1 is 1.10 bits per heavy atom. The van der Waals surface area contributed by atoms with Crippen molar-refractivity contribution in [1.82, 2.24) is 0 Å². The van der Waals surface area contributed by atoms with E-state index in [-0.39, 0.29) is 5.75 Å². The molecule has 5 nitrogen and oxygen atoms in total. The van der Waals surface area contributed by atoms with Gasteiger partial charge >= 0.3 is 0 Å². The Kier molecular flexibility index (Phi) is 4.37. The van der Waals surface area contributed by atoms with Gasteiger partial charge in [-0.2, -0.15) is 0 Å². The molecule has 0 radical (unpaired) electrons. The quantitative estimate of drug-likeness (QED) is 0.860. The number of benzene rings is 2. The molecule has 2 aromatic rings. The third kappa shape index (κ3) is 3.46. The predicted octanol–water partition coefficient (Wildman–Crippen LogP) is 2.24. The largest absolute Gasteiger partial charge is 0.495 e. The minimum atomic E-state index is -3.50. The van der Waals surface area contributed by atoms with E-state index < -0.39 is 10.0 Å². The molecule has 0 aliphatic heterocycles. The van der Waals surface area contributed by atoms with Crippen LogP contribution in [0.5, 0.6) is 5.75 Å². The Balaban J connectivity index is 2.28. The van der Waals surface area contributed by atoms with E-state index in [4.69, 9.17) is 10.5 Å². The van der Waals surface area contributed by atoms with Crippen molar-refractivity contribution >= 4 is 21.4 Å². The van der Waals surface area contributed by atoms with Crippen molar-refractivity contribution in [2.24, 2.45) is 0 Å². The summed E-state index contributed by atoms with van der Waals surface area (Å²) in [5, 5.41) is 0. The van der Waals surface area contributed by atoms with E-state index in [0.29, 0.717) is 22.7 Å². The highest BCUT2D eigenvalue weighted by atomic mass is 32.2. The van der Waals surface area contributed by atoms with Gasteiger partial charge in [-0.3, -0.25) is 4.31 Å². The fourth-order valence-corrected chi connectivity index (χ4v) is 3.22. The molecular weight excluding hydrogens is 288 g/mol. The van der Waals surface area contributed by atoms with Crippen LogP contribution in [-0.2, 0) is 15.8 Å². The van der Waals surface area contributed by atoms with Crippen LogP contribution in [0.1, 0.15) is 5.56 Å². The molecule has 0 aliphatic rings. The number of hydrogen-bond acceptors (Lipinski definition) is 4. The predicted molar refractivity (Wildman–Crippen MR) is 84.9 cm³/mol. The Morgan fingerprint density at radius 3 is 2.33 bits per heavy atom. The maximum atomic E-state index is 12.5. The van der Waals surface area contributed by atoms with Crippen LogP contribution in [0, 0.1) is 0 Å². The molecule has 6 heteroatoms. The standard InChI is InChI=1S/C15H18N2O3S/c1-17(14-5-3-4-6-15(14)20-2)21(18,19)11-12-7-9-13(16)10-8-12/h3-10H,11,16H2,1-2H3. The van der Waals surface area contributed by atoms with E-state index in [1.54, 1.807) is 48.5 Å². The SMILES string of the molecule is COc1ccccc1N(C)S(=O)(=O)Cc1ccc(N)cc1. The first-order valence-electron chi connectivity index (χ1n) is 6.38. The van der Waals surface area contributed by atoms with Gasteiger partial charge in [0.25, 0.3) is 0 Å². The summed E-state index contributed by atoms with van der Waals surface area (Å²) < 4.78 is 31.4. The Hall–Kier alpha value is -2.21. The number of methoxy groups -OCH3 is 1. The highest BCUT2D eigenvalue weighted by Crippen LogP contribution is 2.29. The average molecular weight is 306 g/mol. The molecule has 0 saturated carbocycles. The molecule has 21 heavy (non-hydrogen) atoms. The first kappa shape index (κ1) is 15.2. The van der Waals surface area contributed by atoms with Gasteiger partial charge < -0.3 is 10.5 Å². The van der Waals surface area contributed by atoms with Crippen LogP contribution in [-0.4, -0.2) is 22.6 Å². The summed E-state index contributed by atoms with van der Waals surface area (Å²) in [7, 11) is -0.468. The topological polar surface area (TPSA) is 72.6 Å². The second-order valence-corrected chi connectivity index (χ2v) is 6.64. The first-order valence-corrected chi connectivity index (χ1v) is 7.99. The fourth-order valence-electron chi connectivity index (χ4n) is 1.96. The van der Waals surface area contributed by atoms with Crippen molar-refractivity contribution in [2.75, 3.05) is 24.2 Å². The van der Waals surface area contributed by atoms with Crippen LogP contribution >= 0.6 is 0 Å². The van der Waals surface area contributed by atoms with Gasteiger partial charge in [-0.15, -0.1) is 0 Å². The smallest absolute Gasteiger partial charge is 0.239 e. The summed E-state index contributed by atoms with van der Waals surface area (Å²) in [6.07, 6.45) is 0. The third-order valence-electron chi connectivity index (χ3n) is 3.17. The van der Waals surface area contributed by atoms with Gasteiger partial charge in [0.15, 0.2) is 0 Å². The molecule has 0 spiro atoms. The summed E-state index contributed by atoms with van der Waals surface area (Å²) in [5.74, 6) is 0.419. The van der Waals surface area contributed by atoms with Crippen molar-refractivity contribution in [3.8, 4) is 5.75 Å². The second-order valence-electron chi connectivity index (χ2n) is 4.64. The molecule has 0 aliphatic carbocycles. The second kappa shape index (κ2) is 6.05. The van der Waals surface area contributed by atoms with Gasteiger partial charge in [0.2, 0.25) is 10.0 Å². The summed E-state index contributed by atoms with van der Waals surface area (Å²) in [6, 6.07) is 13.8. The minimum Gasteiger partial charge on any atom is -0.495 e. The number of anilines is 2. The highest BCUT2D eigenvalue weighted by Gasteiger charge is 2.21. The van der Waals surface area contributed by atoms with Gasteiger partial charge in [-0.05, 0) is 29.8 Å². The summed E-state index contributed by atoms with van der Waals surface area (Å²) in [6.45, 7) is 0. The molecule has 2 rings (SSSR count). The first-order chi connectivity index (χ1) is 9.94. The maximum Gasteiger partial charge on any atom is 0.239 e. The average Bonchev–Trinajstić information content (AvgIpc) is 2.48. The van der Waals surface area contributed by atoms with Crippen molar-refractivity contribution in [2.45, 2.75) is 5.75 Å². The molecule has 0 aromatic heterocycles. The Bertz CT molecular complexity index is 712. The van der Waals surface area contributed by atoms with E-state index >= 15 is 0 Å². The Morgan fingerprint density at radius 2 is 1.71 bits per heavy atom. The van der Waals surface area contributed by atoms with Crippen LogP contribution < -0.4 is 14.8 Å². The molecule has 0 heterocycles. The van der Waals surface area contributed by atoms with Crippen LogP contribution in [0.4, 0.5) is 11.4 Å². The molecule has 0 amide bonds. The zero-order valence-corrected chi connectivity index (χ0v) is 12.8. The third-order valence-corrected chi connectivity index (χ3v) is 4.90. The number of nitrogens with two attached hydrogens (primary N) is 1. The lowest BCUT2D eigenvalue weighted by molar-refractivity contribution is 0.416. The molecular formula is C15H18N2O3S. The lowest BCUT2D eigenvalue weighted by Gasteiger charge is -2.21. The summed E-state index contributed by atoms with van der Waals surface area (Å²) in [5.41, 5.74) is 7.40. The molecule has 0 bridgehead atoms. The highest BCUT2D eigenvalue weighted by molar-refractivity contribution is 7.92. The van der Waals surface area contributed by atoms with Gasteiger partial charge in [-0.1, -0.05) is 24.3 Å². The molecule has 0 unspecified atom stereocenters. The monoisotopic (exact) mass is 306 g/mol. The zero-order chi connectivity index (χ0) is 15.5. The number of para-hydroxylation sites is 2. The maximum absolute atomic E-state index is 12.5. The van der Waals surface area contributed by atoms with Gasteiger partial charge in [0.05, 0.1) is 18.6 Å². The molecule has 2 N–H and O–H groups in total. The van der Waals surface area contributed by atoms with Crippen molar-refractivity contribution in [3.63, 3.8) is 0 Å². The van der Waals surface area contributed by atoms with Crippen molar-refractivity contribution in [1.29, 1.82) is 0 Å². The molecule has 0 fully saturated rings. The van der Waals surface area contributed by atoms with Crippen LogP contribution in [0.3, 0.4) is 0 Å². The van der Waals surface area contributed by atoms with Crippen molar-refractivity contribution < 1.29 is 13.2 Å². The van der Waals surface area contributed by atoms with Gasteiger partial charge in [-0.25, -0.2) is 8.42 Å². The Labute approximate surface area is 125 Å². The summed E-state index contributed by atoms with van der Waals surface area (Å²) >= 11 is 0. The number of nitrogen functional groups attached to an aromatic ring is 1. The number of rotatable bonds is 5. The molecule has 0 saturated heterocycles. The molecule has 112 valence electrons. The number of nitrogens with zero attached hydrogens (tertiary/aromatic N) is 1. The van der Waals surface area contributed by atoms with Crippen molar-refractivity contribution in [3.05, 3.63) is 54.1 Å². The van der Waals surface area contributed by atoms with Crippen LogP contribution in [0.15, 0.2) is 48.5 Å². The van der Waals surface area contributed by atoms with Gasteiger partial charge in [0, 0.05) is 12.7 Å². The van der Waals surface area contributed by atoms with Gasteiger partial charge in [0.1, 0.15) is 5.75 Å². The lowest BCUT2D eigenvalue weighted by Crippen LogP contribution is -2.28. The van der Waals surface area contributed by atoms with Crippen LogP contribution in [0.25, 0.3) is 0 Å². The molecule has 0 atom stereocenters. The van der Waals surface area contributed by atoms with E-state index in [1.165, 1.54) is 18.5 Å². The summed E-state index contributed by atoms with van der Waals surface area (Å²) in [4.78, 5) is 0. The minimum absolute atomic E-state index is 0.0954. The number of sulfonamides is 1. The van der Waals surface area contributed by atoms with E-state index in [9.17, 15) is 8.42 Å². The number of ether oxygens (including phenoxy) is 1. The normalized spacial score (nSPS) is 11.1.